The number of hydrogen-bond donors (Lipinski definition) is 0. The molecule has 0 aliphatic rings. The predicted octanol–water partition coefficient (Wildman–Crippen LogP) is 1.04. The second kappa shape index (κ2) is 3.93. The van der Waals surface area contributed by atoms with Gasteiger partial charge in [-0.15, -0.1) is 5.14 Å². The fourth-order valence-electron chi connectivity index (χ4n) is 0.951. The quantitative estimate of drug-likeness (QED) is 0.623. The normalized spacial score (nSPS) is 15.1. The predicted molar refractivity (Wildman–Crippen MR) is 41.0 cm³/mol. The van der Waals surface area contributed by atoms with Crippen molar-refractivity contribution in [1.82, 2.24) is 5.14 Å². The third kappa shape index (κ3) is 6.04. The zero-order valence-corrected chi connectivity index (χ0v) is 7.24. The molecule has 0 rings (SSSR count). The van der Waals surface area contributed by atoms with Gasteiger partial charge in [0.1, 0.15) is 0 Å². The van der Waals surface area contributed by atoms with Gasteiger partial charge in [0.05, 0.1) is 5.75 Å². The molecule has 0 heterocycles. The first-order valence-corrected chi connectivity index (χ1v) is 5.08. The van der Waals surface area contributed by atoms with Crippen LogP contribution in [-0.2, 0) is 10.0 Å². The van der Waals surface area contributed by atoms with Gasteiger partial charge >= 0.3 is 0 Å². The number of hydrogen-bond acceptors (Lipinski definition) is 2. The summed E-state index contributed by atoms with van der Waals surface area (Å²) in [4.78, 5) is 0. The third-order valence-corrected chi connectivity index (χ3v) is 2.29. The van der Waals surface area contributed by atoms with Crippen LogP contribution in [0.5, 0.6) is 0 Å². The molecule has 0 amide bonds. The van der Waals surface area contributed by atoms with Gasteiger partial charge < -0.3 is 0 Å². The number of rotatable bonds is 4. The average molecular weight is 164 g/mol. The number of sulfonamides is 1. The molecule has 10 heavy (non-hydrogen) atoms. The minimum Gasteiger partial charge on any atom is -0.211 e. The highest BCUT2D eigenvalue weighted by Gasteiger charge is 2.09. The Kier molecular flexibility index (Phi) is 3.89. The van der Waals surface area contributed by atoms with Gasteiger partial charge in [-0.3, -0.25) is 0 Å². The van der Waals surface area contributed by atoms with Crippen LogP contribution in [0.25, 0.3) is 0 Å². The lowest BCUT2D eigenvalue weighted by molar-refractivity contribution is 0.545. The molecule has 0 aromatic carbocycles. The van der Waals surface area contributed by atoms with Crippen molar-refractivity contribution < 1.29 is 8.42 Å². The highest BCUT2D eigenvalue weighted by Crippen LogP contribution is 2.06. The van der Waals surface area contributed by atoms with Crippen LogP contribution in [-0.4, -0.2) is 14.2 Å². The maximum Gasteiger partial charge on any atom is 0.225 e. The van der Waals surface area contributed by atoms with E-state index < -0.39 is 10.0 Å². The fraction of sp³-hybridized carbons (Fsp3) is 1.00. The summed E-state index contributed by atoms with van der Waals surface area (Å²) in [5, 5.41) is 6.61. The zero-order valence-electron chi connectivity index (χ0n) is 6.42. The third-order valence-electron chi connectivity index (χ3n) is 1.29. The Morgan fingerprint density at radius 2 is 2.00 bits per heavy atom. The summed E-state index contributed by atoms with van der Waals surface area (Å²) in [6.45, 7) is 3.86. The molecule has 3 nitrogen and oxygen atoms in total. The largest absolute Gasteiger partial charge is 0.225 e. The van der Waals surface area contributed by atoms with E-state index in [1.165, 1.54) is 0 Å². The highest BCUT2D eigenvalue weighted by atomic mass is 32.2. The molecule has 0 aliphatic heterocycles. The molecule has 0 fully saturated rings. The topological polar surface area (TPSA) is 57.9 Å². The van der Waals surface area contributed by atoms with Crippen molar-refractivity contribution >= 4 is 10.0 Å². The first-order chi connectivity index (χ1) is 4.45. The van der Waals surface area contributed by atoms with Crippen molar-refractivity contribution in [1.29, 1.82) is 0 Å². The molecular formula is C6H14NO2S. The van der Waals surface area contributed by atoms with Gasteiger partial charge in [0.25, 0.3) is 0 Å². The molecule has 4 heteroatoms. The van der Waals surface area contributed by atoms with Crippen molar-refractivity contribution in [2.24, 2.45) is 5.92 Å². The lowest BCUT2D eigenvalue weighted by Gasteiger charge is -2.05. The van der Waals surface area contributed by atoms with E-state index in [4.69, 9.17) is 5.14 Å². The van der Waals surface area contributed by atoms with Gasteiger partial charge in [-0.2, -0.15) is 0 Å². The van der Waals surface area contributed by atoms with E-state index in [-0.39, 0.29) is 11.7 Å². The molecule has 1 unspecified atom stereocenters. The van der Waals surface area contributed by atoms with Gasteiger partial charge in [0.15, 0.2) is 0 Å². The van der Waals surface area contributed by atoms with Crippen molar-refractivity contribution in [3.05, 3.63) is 0 Å². The van der Waals surface area contributed by atoms with E-state index in [1.54, 1.807) is 0 Å². The van der Waals surface area contributed by atoms with Crippen LogP contribution in [0.15, 0.2) is 0 Å². The maximum absolute atomic E-state index is 10.4. The summed E-state index contributed by atoms with van der Waals surface area (Å²) < 4.78 is 20.8. The van der Waals surface area contributed by atoms with E-state index in [0.717, 1.165) is 12.8 Å². The fourth-order valence-corrected chi connectivity index (χ4v) is 1.87. The second-order valence-electron chi connectivity index (χ2n) is 2.68. The van der Waals surface area contributed by atoms with Crippen LogP contribution in [0.4, 0.5) is 0 Å². The van der Waals surface area contributed by atoms with Crippen molar-refractivity contribution in [3.63, 3.8) is 0 Å². The minimum absolute atomic E-state index is 0.000833. The average Bonchev–Trinajstić information content (AvgIpc) is 1.59. The molecular weight excluding hydrogens is 150 g/mol. The van der Waals surface area contributed by atoms with Crippen molar-refractivity contribution in [2.45, 2.75) is 26.7 Å². The Bertz CT molecular complexity index is 174. The zero-order chi connectivity index (χ0) is 8.20. The van der Waals surface area contributed by atoms with Gasteiger partial charge in [-0.25, -0.2) is 8.42 Å². The summed E-state index contributed by atoms with van der Waals surface area (Å²) in [6.07, 6.45) is 1.87. The van der Waals surface area contributed by atoms with E-state index in [2.05, 4.69) is 0 Å². The van der Waals surface area contributed by atoms with Gasteiger partial charge in [0.2, 0.25) is 10.0 Å². The molecule has 0 saturated heterocycles. The van der Waals surface area contributed by atoms with Crippen LogP contribution in [0.2, 0.25) is 0 Å². The summed E-state index contributed by atoms with van der Waals surface area (Å²) in [7, 11) is -3.50. The van der Waals surface area contributed by atoms with E-state index in [9.17, 15) is 8.42 Å². The molecule has 1 N–H and O–H groups in total. The summed E-state index contributed by atoms with van der Waals surface area (Å²) in [6, 6.07) is 0. The first kappa shape index (κ1) is 9.91. The molecule has 0 bridgehead atoms. The van der Waals surface area contributed by atoms with Crippen LogP contribution in [0, 0.1) is 5.92 Å². The smallest absolute Gasteiger partial charge is 0.211 e. The lowest BCUT2D eigenvalue weighted by atomic mass is 10.1. The monoisotopic (exact) mass is 164 g/mol. The number of nitrogens with one attached hydrogen (secondary N) is 1. The SMILES string of the molecule is CCCC(C)CS([NH])(=O)=O. The molecule has 0 saturated carbocycles. The van der Waals surface area contributed by atoms with Crippen molar-refractivity contribution in [3.8, 4) is 0 Å². The van der Waals surface area contributed by atoms with Gasteiger partial charge in [0, 0.05) is 0 Å². The molecule has 1 atom stereocenters. The Morgan fingerprint density at radius 1 is 1.50 bits per heavy atom. The van der Waals surface area contributed by atoms with E-state index in [0.29, 0.717) is 0 Å². The Morgan fingerprint density at radius 3 is 2.30 bits per heavy atom. The van der Waals surface area contributed by atoms with E-state index >= 15 is 0 Å². The molecule has 0 aromatic heterocycles. The standard InChI is InChI=1S/C6H14NO2S/c1-3-4-6(2)5-10(7,8)9/h6-7H,3-5H2,1-2H3. The Hall–Kier alpha value is -0.0900. The minimum atomic E-state index is -3.50. The van der Waals surface area contributed by atoms with Gasteiger partial charge in [-0.05, 0) is 12.3 Å². The molecule has 0 aromatic rings. The van der Waals surface area contributed by atoms with E-state index in [1.807, 2.05) is 13.8 Å². The molecule has 1 radical (unpaired) electrons. The van der Waals surface area contributed by atoms with Crippen LogP contribution < -0.4 is 5.14 Å². The van der Waals surface area contributed by atoms with Gasteiger partial charge in [-0.1, -0.05) is 20.3 Å². The molecule has 0 spiro atoms. The molecule has 0 aliphatic carbocycles. The molecule has 61 valence electrons. The summed E-state index contributed by atoms with van der Waals surface area (Å²) >= 11 is 0. The maximum atomic E-state index is 10.4. The second-order valence-corrected chi connectivity index (χ2v) is 4.24. The van der Waals surface area contributed by atoms with Crippen LogP contribution in [0.3, 0.4) is 0 Å². The Balaban J connectivity index is 3.69. The summed E-state index contributed by atoms with van der Waals surface area (Å²) in [5.74, 6) is 0.133. The van der Waals surface area contributed by atoms with Crippen LogP contribution in [0.1, 0.15) is 26.7 Å². The van der Waals surface area contributed by atoms with Crippen LogP contribution >= 0.6 is 0 Å². The Labute approximate surface area is 62.7 Å². The lowest BCUT2D eigenvalue weighted by Crippen LogP contribution is -2.13. The highest BCUT2D eigenvalue weighted by molar-refractivity contribution is 7.88. The summed E-state index contributed by atoms with van der Waals surface area (Å²) in [5.41, 5.74) is 0. The van der Waals surface area contributed by atoms with Crippen molar-refractivity contribution in [2.75, 3.05) is 5.75 Å². The first-order valence-electron chi connectivity index (χ1n) is 3.43.